The quantitative estimate of drug-likeness (QED) is 0.817. The number of ether oxygens (including phenoxy) is 1. The summed E-state index contributed by atoms with van der Waals surface area (Å²) >= 11 is 0. The largest absolute Gasteiger partial charge is 0.449 e. The molecule has 2 aliphatic heterocycles. The smallest absolute Gasteiger partial charge is 0.409 e. The van der Waals surface area contributed by atoms with Gasteiger partial charge in [-0.3, -0.25) is 0 Å². The van der Waals surface area contributed by atoms with Gasteiger partial charge in [0, 0.05) is 25.0 Å². The average Bonchev–Trinajstić information content (AvgIpc) is 3.10. The highest BCUT2D eigenvalue weighted by Crippen LogP contribution is 2.36. The van der Waals surface area contributed by atoms with Crippen LogP contribution in [-0.2, 0) is 4.74 Å². The molecule has 3 fully saturated rings. The molecule has 0 aromatic carbocycles. The van der Waals surface area contributed by atoms with Crippen LogP contribution in [0, 0.1) is 11.3 Å². The maximum Gasteiger partial charge on any atom is 0.409 e. The Morgan fingerprint density at radius 3 is 2.89 bits per heavy atom. The van der Waals surface area contributed by atoms with Gasteiger partial charge in [-0.2, -0.15) is 0 Å². The molecule has 1 N–H and O–H groups in total. The van der Waals surface area contributed by atoms with Gasteiger partial charge in [0.25, 0.3) is 0 Å². The van der Waals surface area contributed by atoms with Crippen LogP contribution in [0.15, 0.2) is 0 Å². The van der Waals surface area contributed by atoms with Crippen LogP contribution in [0.3, 0.4) is 0 Å². The molecular weight excluding hydrogens is 228 g/mol. The SMILES string of the molecule is O=C(OCC1CCCC1)N1CCC2(CCNC2)C1. The molecule has 0 aromatic heterocycles. The Balaban J connectivity index is 1.45. The van der Waals surface area contributed by atoms with Gasteiger partial charge < -0.3 is 15.0 Å². The average molecular weight is 252 g/mol. The predicted octanol–water partition coefficient (Wildman–Crippen LogP) is 2.00. The van der Waals surface area contributed by atoms with E-state index in [2.05, 4.69) is 5.32 Å². The van der Waals surface area contributed by atoms with Crippen LogP contribution in [0.5, 0.6) is 0 Å². The Morgan fingerprint density at radius 2 is 2.17 bits per heavy atom. The van der Waals surface area contributed by atoms with Gasteiger partial charge in [0.15, 0.2) is 0 Å². The lowest BCUT2D eigenvalue weighted by Gasteiger charge is -2.22. The first-order valence-corrected chi connectivity index (χ1v) is 7.40. The minimum Gasteiger partial charge on any atom is -0.449 e. The number of nitrogens with zero attached hydrogens (tertiary/aromatic N) is 1. The Kier molecular flexibility index (Phi) is 3.46. The van der Waals surface area contributed by atoms with Crippen molar-refractivity contribution >= 4 is 6.09 Å². The first-order chi connectivity index (χ1) is 8.77. The van der Waals surface area contributed by atoms with Crippen molar-refractivity contribution in [1.29, 1.82) is 0 Å². The fourth-order valence-corrected chi connectivity index (χ4v) is 3.69. The zero-order chi connectivity index (χ0) is 12.4. The molecule has 1 atom stereocenters. The summed E-state index contributed by atoms with van der Waals surface area (Å²) < 4.78 is 5.48. The zero-order valence-corrected chi connectivity index (χ0v) is 11.1. The van der Waals surface area contributed by atoms with Crippen molar-refractivity contribution in [3.63, 3.8) is 0 Å². The summed E-state index contributed by atoms with van der Waals surface area (Å²) in [5, 5.41) is 3.41. The highest BCUT2D eigenvalue weighted by atomic mass is 16.6. The van der Waals surface area contributed by atoms with Gasteiger partial charge in [0.1, 0.15) is 0 Å². The van der Waals surface area contributed by atoms with Gasteiger partial charge in [0.2, 0.25) is 0 Å². The maximum absolute atomic E-state index is 12.0. The fourth-order valence-electron chi connectivity index (χ4n) is 3.69. The van der Waals surface area contributed by atoms with Crippen LogP contribution in [0.25, 0.3) is 0 Å². The number of carbonyl (C=O) groups is 1. The number of rotatable bonds is 2. The fraction of sp³-hybridized carbons (Fsp3) is 0.929. The summed E-state index contributed by atoms with van der Waals surface area (Å²) in [7, 11) is 0. The van der Waals surface area contributed by atoms with Crippen molar-refractivity contribution in [2.45, 2.75) is 38.5 Å². The molecule has 102 valence electrons. The van der Waals surface area contributed by atoms with E-state index < -0.39 is 0 Å². The lowest BCUT2D eigenvalue weighted by atomic mass is 9.87. The van der Waals surface area contributed by atoms with E-state index in [1.807, 2.05) is 4.90 Å². The van der Waals surface area contributed by atoms with E-state index in [1.54, 1.807) is 0 Å². The van der Waals surface area contributed by atoms with Crippen molar-refractivity contribution < 1.29 is 9.53 Å². The molecule has 1 unspecified atom stereocenters. The number of amides is 1. The number of hydrogen-bond acceptors (Lipinski definition) is 3. The molecule has 2 heterocycles. The molecular formula is C14H24N2O2. The van der Waals surface area contributed by atoms with Crippen molar-refractivity contribution in [1.82, 2.24) is 10.2 Å². The van der Waals surface area contributed by atoms with Crippen LogP contribution in [0.4, 0.5) is 4.79 Å². The molecule has 3 aliphatic rings. The maximum atomic E-state index is 12.0. The normalized spacial score (nSPS) is 32.6. The molecule has 1 amide bonds. The van der Waals surface area contributed by atoms with Crippen LogP contribution in [-0.4, -0.2) is 43.8 Å². The highest BCUT2D eigenvalue weighted by Gasteiger charge is 2.42. The van der Waals surface area contributed by atoms with E-state index in [-0.39, 0.29) is 6.09 Å². The topological polar surface area (TPSA) is 41.6 Å². The second-order valence-corrected chi connectivity index (χ2v) is 6.33. The summed E-state index contributed by atoms with van der Waals surface area (Å²) in [6.45, 7) is 4.58. The van der Waals surface area contributed by atoms with Gasteiger partial charge >= 0.3 is 6.09 Å². The van der Waals surface area contributed by atoms with E-state index in [0.717, 1.165) is 32.6 Å². The zero-order valence-electron chi connectivity index (χ0n) is 11.1. The summed E-state index contributed by atoms with van der Waals surface area (Å²) in [5.41, 5.74) is 0.354. The van der Waals surface area contributed by atoms with E-state index >= 15 is 0 Å². The van der Waals surface area contributed by atoms with E-state index in [0.29, 0.717) is 17.9 Å². The van der Waals surface area contributed by atoms with Gasteiger partial charge in [-0.1, -0.05) is 12.8 Å². The standard InChI is InChI=1S/C14H24N2O2/c17-13(18-9-12-3-1-2-4-12)16-8-6-14(11-16)5-7-15-10-14/h12,15H,1-11H2. The third-order valence-corrected chi connectivity index (χ3v) is 4.95. The molecule has 3 rings (SSSR count). The summed E-state index contributed by atoms with van der Waals surface area (Å²) in [4.78, 5) is 13.9. The van der Waals surface area contributed by atoms with Crippen molar-refractivity contribution in [3.05, 3.63) is 0 Å². The van der Waals surface area contributed by atoms with E-state index in [4.69, 9.17) is 4.74 Å². The van der Waals surface area contributed by atoms with Crippen molar-refractivity contribution in [2.24, 2.45) is 11.3 Å². The molecule has 1 aliphatic carbocycles. The lowest BCUT2D eigenvalue weighted by Crippen LogP contribution is -2.34. The van der Waals surface area contributed by atoms with Crippen molar-refractivity contribution in [3.8, 4) is 0 Å². The first kappa shape index (κ1) is 12.3. The number of carbonyl (C=O) groups excluding carboxylic acids is 1. The monoisotopic (exact) mass is 252 g/mol. The molecule has 0 bridgehead atoms. The summed E-state index contributed by atoms with van der Waals surface area (Å²) in [6.07, 6.45) is 7.35. The minimum absolute atomic E-state index is 0.0781. The Hall–Kier alpha value is -0.770. The highest BCUT2D eigenvalue weighted by molar-refractivity contribution is 5.68. The molecule has 1 saturated carbocycles. The Morgan fingerprint density at radius 1 is 1.33 bits per heavy atom. The first-order valence-electron chi connectivity index (χ1n) is 7.40. The number of hydrogen-bond donors (Lipinski definition) is 1. The van der Waals surface area contributed by atoms with Crippen LogP contribution < -0.4 is 5.32 Å². The van der Waals surface area contributed by atoms with Gasteiger partial charge in [-0.15, -0.1) is 0 Å². The van der Waals surface area contributed by atoms with Crippen LogP contribution >= 0.6 is 0 Å². The van der Waals surface area contributed by atoms with Crippen LogP contribution in [0.1, 0.15) is 38.5 Å². The summed E-state index contributed by atoms with van der Waals surface area (Å²) in [6, 6.07) is 0. The van der Waals surface area contributed by atoms with Crippen molar-refractivity contribution in [2.75, 3.05) is 32.8 Å². The second-order valence-electron chi connectivity index (χ2n) is 6.33. The lowest BCUT2D eigenvalue weighted by molar-refractivity contribution is 0.0920. The molecule has 4 heteroatoms. The predicted molar refractivity (Wildman–Crippen MR) is 69.4 cm³/mol. The molecule has 2 saturated heterocycles. The van der Waals surface area contributed by atoms with E-state index in [9.17, 15) is 4.79 Å². The summed E-state index contributed by atoms with van der Waals surface area (Å²) in [5.74, 6) is 0.624. The molecule has 0 aromatic rings. The second kappa shape index (κ2) is 5.08. The minimum atomic E-state index is -0.0781. The van der Waals surface area contributed by atoms with Gasteiger partial charge in [-0.25, -0.2) is 4.79 Å². The third-order valence-electron chi connectivity index (χ3n) is 4.95. The molecule has 1 spiro atoms. The Labute approximate surface area is 109 Å². The Bertz CT molecular complexity index is 307. The van der Waals surface area contributed by atoms with E-state index in [1.165, 1.54) is 32.1 Å². The third kappa shape index (κ3) is 2.48. The van der Waals surface area contributed by atoms with Gasteiger partial charge in [-0.05, 0) is 38.1 Å². The van der Waals surface area contributed by atoms with Gasteiger partial charge in [0.05, 0.1) is 6.61 Å². The molecule has 0 radical (unpaired) electrons. The number of likely N-dealkylation sites (tertiary alicyclic amines) is 1. The number of nitrogens with one attached hydrogen (secondary N) is 1. The molecule has 18 heavy (non-hydrogen) atoms. The molecule has 4 nitrogen and oxygen atoms in total. The van der Waals surface area contributed by atoms with Crippen LogP contribution in [0.2, 0.25) is 0 Å².